The van der Waals surface area contributed by atoms with Gasteiger partial charge in [-0.15, -0.1) is 0 Å². The van der Waals surface area contributed by atoms with Crippen LogP contribution in [0.5, 0.6) is 0 Å². The van der Waals surface area contributed by atoms with Crippen molar-refractivity contribution in [2.75, 3.05) is 39.4 Å². The van der Waals surface area contributed by atoms with Crippen molar-refractivity contribution in [3.8, 4) is 0 Å². The Bertz CT molecular complexity index is 370. The third-order valence-electron chi connectivity index (χ3n) is 2.95. The van der Waals surface area contributed by atoms with Crippen LogP contribution in [0.4, 0.5) is 0 Å². The SMILES string of the molecule is CCCN1CCOC(c2noc(COCCN)n2)C1. The van der Waals surface area contributed by atoms with E-state index < -0.39 is 0 Å². The van der Waals surface area contributed by atoms with Crippen LogP contribution in [0.3, 0.4) is 0 Å². The average Bonchev–Trinajstić information content (AvgIpc) is 2.89. The molecule has 2 N–H and O–H groups in total. The largest absolute Gasteiger partial charge is 0.370 e. The van der Waals surface area contributed by atoms with E-state index in [1.54, 1.807) is 0 Å². The van der Waals surface area contributed by atoms with E-state index in [0.717, 1.165) is 26.1 Å². The predicted molar refractivity (Wildman–Crippen MR) is 68.4 cm³/mol. The van der Waals surface area contributed by atoms with E-state index in [4.69, 9.17) is 19.7 Å². The standard InChI is InChI=1S/C12H22N4O3/c1-2-4-16-5-7-18-10(8-16)12-14-11(19-15-12)9-17-6-3-13/h10H,2-9,13H2,1H3. The highest BCUT2D eigenvalue weighted by molar-refractivity contribution is 4.93. The van der Waals surface area contributed by atoms with Crippen molar-refractivity contribution in [2.45, 2.75) is 26.1 Å². The van der Waals surface area contributed by atoms with Gasteiger partial charge in [-0.05, 0) is 13.0 Å². The van der Waals surface area contributed by atoms with Crippen LogP contribution in [-0.4, -0.2) is 54.4 Å². The molecular formula is C12H22N4O3. The van der Waals surface area contributed by atoms with Gasteiger partial charge < -0.3 is 19.7 Å². The maximum atomic E-state index is 5.69. The highest BCUT2D eigenvalue weighted by atomic mass is 16.5. The van der Waals surface area contributed by atoms with Crippen molar-refractivity contribution in [1.82, 2.24) is 15.0 Å². The summed E-state index contributed by atoms with van der Waals surface area (Å²) in [6.45, 7) is 7.01. The Balaban J connectivity index is 1.86. The molecule has 1 atom stereocenters. The number of morpholine rings is 1. The lowest BCUT2D eigenvalue weighted by atomic mass is 10.2. The summed E-state index contributed by atoms with van der Waals surface area (Å²) in [4.78, 5) is 6.66. The van der Waals surface area contributed by atoms with Crippen LogP contribution in [0.1, 0.15) is 31.2 Å². The number of nitrogens with zero attached hydrogens (tertiary/aromatic N) is 3. The first-order valence-electron chi connectivity index (χ1n) is 6.77. The first kappa shape index (κ1) is 14.4. The molecule has 0 saturated carbocycles. The Kier molecular flexibility index (Phi) is 5.71. The van der Waals surface area contributed by atoms with Crippen molar-refractivity contribution < 1.29 is 14.0 Å². The number of aromatic nitrogens is 2. The van der Waals surface area contributed by atoms with E-state index in [9.17, 15) is 0 Å². The summed E-state index contributed by atoms with van der Waals surface area (Å²) >= 11 is 0. The second kappa shape index (κ2) is 7.54. The third-order valence-corrected chi connectivity index (χ3v) is 2.95. The molecule has 108 valence electrons. The lowest BCUT2D eigenvalue weighted by Gasteiger charge is -2.30. The van der Waals surface area contributed by atoms with Crippen LogP contribution in [0.2, 0.25) is 0 Å². The van der Waals surface area contributed by atoms with Crippen LogP contribution in [0.15, 0.2) is 4.52 Å². The molecular weight excluding hydrogens is 248 g/mol. The third kappa shape index (κ3) is 4.24. The first-order valence-corrected chi connectivity index (χ1v) is 6.77. The molecule has 1 aromatic heterocycles. The van der Waals surface area contributed by atoms with Gasteiger partial charge in [0.25, 0.3) is 5.89 Å². The minimum absolute atomic E-state index is 0.104. The van der Waals surface area contributed by atoms with E-state index in [1.165, 1.54) is 0 Å². The van der Waals surface area contributed by atoms with Crippen molar-refractivity contribution in [1.29, 1.82) is 0 Å². The van der Waals surface area contributed by atoms with Crippen molar-refractivity contribution >= 4 is 0 Å². The monoisotopic (exact) mass is 270 g/mol. The van der Waals surface area contributed by atoms with Gasteiger partial charge in [0.1, 0.15) is 12.7 Å². The Morgan fingerprint density at radius 1 is 1.53 bits per heavy atom. The van der Waals surface area contributed by atoms with Gasteiger partial charge >= 0.3 is 0 Å². The molecule has 0 aromatic carbocycles. The fraction of sp³-hybridized carbons (Fsp3) is 0.833. The van der Waals surface area contributed by atoms with E-state index in [2.05, 4.69) is 22.0 Å². The zero-order valence-electron chi connectivity index (χ0n) is 11.4. The number of hydrogen-bond acceptors (Lipinski definition) is 7. The maximum Gasteiger partial charge on any atom is 0.252 e. The molecule has 7 heteroatoms. The molecule has 19 heavy (non-hydrogen) atoms. The Morgan fingerprint density at radius 2 is 2.42 bits per heavy atom. The lowest BCUT2D eigenvalue weighted by molar-refractivity contribution is -0.0350. The summed E-state index contributed by atoms with van der Waals surface area (Å²) in [5.74, 6) is 1.08. The molecule has 1 aromatic rings. The van der Waals surface area contributed by atoms with Crippen LogP contribution in [0, 0.1) is 0 Å². The van der Waals surface area contributed by atoms with Gasteiger partial charge in [0.15, 0.2) is 0 Å². The zero-order chi connectivity index (χ0) is 13.5. The second-order valence-corrected chi connectivity index (χ2v) is 4.55. The molecule has 0 amide bonds. The molecule has 0 spiro atoms. The van der Waals surface area contributed by atoms with Crippen LogP contribution < -0.4 is 5.73 Å². The summed E-state index contributed by atoms with van der Waals surface area (Å²) in [5, 5.41) is 3.96. The van der Waals surface area contributed by atoms with Crippen molar-refractivity contribution in [3.05, 3.63) is 11.7 Å². The molecule has 2 rings (SSSR count). The highest BCUT2D eigenvalue weighted by Gasteiger charge is 2.25. The summed E-state index contributed by atoms with van der Waals surface area (Å²) in [6.07, 6.45) is 1.03. The molecule has 1 unspecified atom stereocenters. The minimum Gasteiger partial charge on any atom is -0.370 e. The summed E-state index contributed by atoms with van der Waals surface area (Å²) in [6, 6.07) is 0. The Morgan fingerprint density at radius 3 is 3.21 bits per heavy atom. The lowest BCUT2D eigenvalue weighted by Crippen LogP contribution is -2.39. The van der Waals surface area contributed by atoms with Crippen LogP contribution >= 0.6 is 0 Å². The number of nitrogens with two attached hydrogens (primary N) is 1. The number of ether oxygens (including phenoxy) is 2. The Hall–Kier alpha value is -1.02. The fourth-order valence-electron chi connectivity index (χ4n) is 2.08. The van der Waals surface area contributed by atoms with Gasteiger partial charge in [0, 0.05) is 19.6 Å². The van der Waals surface area contributed by atoms with Gasteiger partial charge in [-0.1, -0.05) is 12.1 Å². The molecule has 1 fully saturated rings. The summed E-state index contributed by atoms with van der Waals surface area (Å²) in [7, 11) is 0. The number of hydrogen-bond donors (Lipinski definition) is 1. The van der Waals surface area contributed by atoms with E-state index in [0.29, 0.717) is 38.1 Å². The van der Waals surface area contributed by atoms with Crippen molar-refractivity contribution in [2.24, 2.45) is 5.73 Å². The van der Waals surface area contributed by atoms with Gasteiger partial charge in [0.2, 0.25) is 5.82 Å². The second-order valence-electron chi connectivity index (χ2n) is 4.55. The molecule has 1 saturated heterocycles. The normalized spacial score (nSPS) is 20.8. The van der Waals surface area contributed by atoms with E-state index in [-0.39, 0.29) is 6.10 Å². The highest BCUT2D eigenvalue weighted by Crippen LogP contribution is 2.19. The maximum absolute atomic E-state index is 5.69. The predicted octanol–water partition coefficient (Wildman–Crippen LogP) is 0.328. The molecule has 1 aliphatic heterocycles. The quantitative estimate of drug-likeness (QED) is 0.714. The molecule has 2 heterocycles. The van der Waals surface area contributed by atoms with Gasteiger partial charge in [-0.2, -0.15) is 4.98 Å². The smallest absolute Gasteiger partial charge is 0.252 e. The topological polar surface area (TPSA) is 86.6 Å². The molecule has 1 aliphatic rings. The molecule has 0 aliphatic carbocycles. The van der Waals surface area contributed by atoms with Gasteiger partial charge in [-0.3, -0.25) is 4.90 Å². The fourth-order valence-corrected chi connectivity index (χ4v) is 2.08. The number of rotatable bonds is 7. The average molecular weight is 270 g/mol. The summed E-state index contributed by atoms with van der Waals surface area (Å²) < 4.78 is 16.1. The zero-order valence-corrected chi connectivity index (χ0v) is 11.4. The van der Waals surface area contributed by atoms with E-state index in [1.807, 2.05) is 0 Å². The summed E-state index contributed by atoms with van der Waals surface area (Å²) in [5.41, 5.74) is 5.34. The van der Waals surface area contributed by atoms with Crippen molar-refractivity contribution in [3.63, 3.8) is 0 Å². The minimum atomic E-state index is -0.104. The first-order chi connectivity index (χ1) is 9.33. The van der Waals surface area contributed by atoms with Gasteiger partial charge in [0.05, 0.1) is 13.2 Å². The van der Waals surface area contributed by atoms with Crippen LogP contribution in [0.25, 0.3) is 0 Å². The Labute approximate surface area is 113 Å². The molecule has 0 bridgehead atoms. The van der Waals surface area contributed by atoms with E-state index >= 15 is 0 Å². The van der Waals surface area contributed by atoms with Gasteiger partial charge in [-0.25, -0.2) is 0 Å². The van der Waals surface area contributed by atoms with Crippen LogP contribution in [-0.2, 0) is 16.1 Å². The molecule has 0 radical (unpaired) electrons. The molecule has 7 nitrogen and oxygen atoms in total.